The number of hydrogen-bond acceptors (Lipinski definition) is 2. The molecule has 0 rings (SSSR count). The second kappa shape index (κ2) is 6.89. The second-order valence-corrected chi connectivity index (χ2v) is 3.15. The van der Waals surface area contributed by atoms with Gasteiger partial charge in [0.25, 0.3) is 0 Å². The maximum atomic E-state index is 11.5. The first-order valence-electron chi connectivity index (χ1n) is 4.96. The summed E-state index contributed by atoms with van der Waals surface area (Å²) in [5.41, 5.74) is 0. The van der Waals surface area contributed by atoms with Crippen LogP contribution in [0.4, 0.5) is 0 Å². The molecule has 0 saturated carbocycles. The molecule has 0 radical (unpaired) electrons. The lowest BCUT2D eigenvalue weighted by molar-refractivity contribution is -0.131. The zero-order chi connectivity index (χ0) is 10.3. The van der Waals surface area contributed by atoms with Gasteiger partial charge in [0.1, 0.15) is 0 Å². The Bertz CT molecular complexity index is 144. The fraction of sp³-hybridized carbons (Fsp3) is 0.900. The van der Waals surface area contributed by atoms with Crippen LogP contribution in [0.2, 0.25) is 0 Å². The lowest BCUT2D eigenvalue weighted by Gasteiger charge is -2.19. The van der Waals surface area contributed by atoms with Crippen molar-refractivity contribution >= 4 is 5.91 Å². The summed E-state index contributed by atoms with van der Waals surface area (Å²) in [5.74, 6) is 0.230. The summed E-state index contributed by atoms with van der Waals surface area (Å²) in [6.07, 6.45) is 1.59. The van der Waals surface area contributed by atoms with E-state index in [0.29, 0.717) is 6.42 Å². The molecule has 0 aliphatic rings. The van der Waals surface area contributed by atoms with Crippen molar-refractivity contribution in [3.8, 4) is 0 Å². The molecule has 3 heteroatoms. The van der Waals surface area contributed by atoms with Gasteiger partial charge >= 0.3 is 0 Å². The predicted octanol–water partition coefficient (Wildman–Crippen LogP) is 1.67. The molecule has 1 amide bonds. The Morgan fingerprint density at radius 3 is 2.31 bits per heavy atom. The second-order valence-electron chi connectivity index (χ2n) is 3.15. The Morgan fingerprint density at radius 1 is 1.38 bits per heavy atom. The molecule has 0 saturated heterocycles. The number of rotatable bonds is 6. The van der Waals surface area contributed by atoms with Crippen LogP contribution in [0.5, 0.6) is 0 Å². The number of hydrogen-bond donors (Lipinski definition) is 0. The van der Waals surface area contributed by atoms with Gasteiger partial charge in [-0.25, -0.2) is 0 Å². The van der Waals surface area contributed by atoms with E-state index in [1.807, 2.05) is 25.7 Å². The van der Waals surface area contributed by atoms with Crippen LogP contribution in [0.1, 0.15) is 33.6 Å². The lowest BCUT2D eigenvalue weighted by Crippen LogP contribution is -2.30. The smallest absolute Gasteiger partial charge is 0.222 e. The Kier molecular flexibility index (Phi) is 6.59. The average molecular weight is 187 g/mol. The molecule has 0 aliphatic carbocycles. The van der Waals surface area contributed by atoms with Gasteiger partial charge in [0, 0.05) is 26.6 Å². The minimum absolute atomic E-state index is 0.180. The highest BCUT2D eigenvalue weighted by atomic mass is 16.5. The van der Waals surface area contributed by atoms with Crippen molar-refractivity contribution in [2.45, 2.75) is 39.7 Å². The summed E-state index contributed by atoms with van der Waals surface area (Å²) < 4.78 is 5.08. The Morgan fingerprint density at radius 2 is 1.92 bits per heavy atom. The first kappa shape index (κ1) is 12.4. The van der Waals surface area contributed by atoms with Crippen LogP contribution in [-0.4, -0.2) is 37.1 Å². The Balaban J connectivity index is 3.72. The van der Waals surface area contributed by atoms with Crippen molar-refractivity contribution in [3.05, 3.63) is 0 Å². The molecule has 13 heavy (non-hydrogen) atoms. The van der Waals surface area contributed by atoms with Gasteiger partial charge in [0.15, 0.2) is 0 Å². The first-order valence-corrected chi connectivity index (χ1v) is 4.96. The average Bonchev–Trinajstić information content (AvgIpc) is 2.16. The molecule has 78 valence electrons. The van der Waals surface area contributed by atoms with Crippen LogP contribution in [0.25, 0.3) is 0 Å². The minimum atomic E-state index is 0.180. The van der Waals surface area contributed by atoms with Crippen LogP contribution in [-0.2, 0) is 9.53 Å². The van der Waals surface area contributed by atoms with Crippen LogP contribution in [0.15, 0.2) is 0 Å². The van der Waals surface area contributed by atoms with E-state index >= 15 is 0 Å². The van der Waals surface area contributed by atoms with Crippen molar-refractivity contribution in [1.29, 1.82) is 0 Å². The maximum Gasteiger partial charge on any atom is 0.222 e. The zero-order valence-corrected chi connectivity index (χ0v) is 9.17. The quantitative estimate of drug-likeness (QED) is 0.633. The van der Waals surface area contributed by atoms with E-state index in [1.54, 1.807) is 7.11 Å². The SMILES string of the molecule is CCN(CC)C(=O)CCC(C)OC. The molecule has 0 aromatic rings. The molecule has 3 nitrogen and oxygen atoms in total. The number of nitrogens with zero attached hydrogens (tertiary/aromatic N) is 1. The van der Waals surface area contributed by atoms with Crippen molar-refractivity contribution in [1.82, 2.24) is 4.90 Å². The predicted molar refractivity (Wildman–Crippen MR) is 53.6 cm³/mol. The third kappa shape index (κ3) is 4.88. The summed E-state index contributed by atoms with van der Waals surface area (Å²) in [4.78, 5) is 13.3. The van der Waals surface area contributed by atoms with Crippen molar-refractivity contribution < 1.29 is 9.53 Å². The van der Waals surface area contributed by atoms with Crippen LogP contribution in [0.3, 0.4) is 0 Å². The monoisotopic (exact) mass is 187 g/mol. The fourth-order valence-electron chi connectivity index (χ4n) is 1.18. The minimum Gasteiger partial charge on any atom is -0.382 e. The van der Waals surface area contributed by atoms with Crippen molar-refractivity contribution in [2.24, 2.45) is 0 Å². The first-order chi connectivity index (χ1) is 6.15. The standard InChI is InChI=1S/C10H21NO2/c1-5-11(6-2)10(12)8-7-9(3)13-4/h9H,5-8H2,1-4H3. The largest absolute Gasteiger partial charge is 0.382 e. The topological polar surface area (TPSA) is 29.5 Å². The third-order valence-corrected chi connectivity index (χ3v) is 2.28. The van der Waals surface area contributed by atoms with E-state index in [0.717, 1.165) is 19.5 Å². The summed E-state index contributed by atoms with van der Waals surface area (Å²) in [5, 5.41) is 0. The summed E-state index contributed by atoms with van der Waals surface area (Å²) in [7, 11) is 1.67. The van der Waals surface area contributed by atoms with Gasteiger partial charge in [0.05, 0.1) is 6.10 Å². The van der Waals surface area contributed by atoms with Crippen LogP contribution < -0.4 is 0 Å². The van der Waals surface area contributed by atoms with Crippen molar-refractivity contribution in [3.63, 3.8) is 0 Å². The number of ether oxygens (including phenoxy) is 1. The summed E-state index contributed by atoms with van der Waals surface area (Å²) in [6.45, 7) is 7.59. The van der Waals surface area contributed by atoms with Gasteiger partial charge in [-0.2, -0.15) is 0 Å². The molecule has 0 aromatic carbocycles. The molecule has 1 atom stereocenters. The number of amides is 1. The summed E-state index contributed by atoms with van der Waals surface area (Å²) in [6, 6.07) is 0. The van der Waals surface area contributed by atoms with Gasteiger partial charge in [-0.05, 0) is 27.2 Å². The number of carbonyl (C=O) groups excluding carboxylic acids is 1. The van der Waals surface area contributed by atoms with Crippen LogP contribution >= 0.6 is 0 Å². The van der Waals surface area contributed by atoms with E-state index < -0.39 is 0 Å². The number of methoxy groups -OCH3 is 1. The van der Waals surface area contributed by atoms with E-state index in [2.05, 4.69) is 0 Å². The molecule has 0 aliphatic heterocycles. The van der Waals surface area contributed by atoms with Gasteiger partial charge in [-0.1, -0.05) is 0 Å². The molecule has 0 fully saturated rings. The molecule has 0 bridgehead atoms. The van der Waals surface area contributed by atoms with Gasteiger partial charge in [0.2, 0.25) is 5.91 Å². The summed E-state index contributed by atoms with van der Waals surface area (Å²) >= 11 is 0. The highest BCUT2D eigenvalue weighted by Crippen LogP contribution is 2.03. The molecule has 0 aromatic heterocycles. The highest BCUT2D eigenvalue weighted by Gasteiger charge is 2.10. The fourth-order valence-corrected chi connectivity index (χ4v) is 1.18. The van der Waals surface area contributed by atoms with Gasteiger partial charge in [-0.3, -0.25) is 4.79 Å². The van der Waals surface area contributed by atoms with Gasteiger partial charge < -0.3 is 9.64 Å². The molecule has 1 unspecified atom stereocenters. The Hall–Kier alpha value is -0.570. The highest BCUT2D eigenvalue weighted by molar-refractivity contribution is 5.76. The normalized spacial score (nSPS) is 12.6. The van der Waals surface area contributed by atoms with E-state index in [4.69, 9.17) is 4.74 Å². The van der Waals surface area contributed by atoms with Crippen molar-refractivity contribution in [2.75, 3.05) is 20.2 Å². The van der Waals surface area contributed by atoms with E-state index in [9.17, 15) is 4.79 Å². The van der Waals surface area contributed by atoms with Gasteiger partial charge in [-0.15, -0.1) is 0 Å². The zero-order valence-electron chi connectivity index (χ0n) is 9.17. The molecule has 0 N–H and O–H groups in total. The van der Waals surface area contributed by atoms with Crippen LogP contribution in [0, 0.1) is 0 Å². The number of carbonyl (C=O) groups is 1. The third-order valence-electron chi connectivity index (χ3n) is 2.28. The molecular formula is C10H21NO2. The molecule has 0 heterocycles. The molecular weight excluding hydrogens is 166 g/mol. The van der Waals surface area contributed by atoms with E-state index in [1.165, 1.54) is 0 Å². The lowest BCUT2D eigenvalue weighted by atomic mass is 10.2. The molecule has 0 spiro atoms. The maximum absolute atomic E-state index is 11.5. The van der Waals surface area contributed by atoms with E-state index in [-0.39, 0.29) is 12.0 Å². The Labute approximate surface area is 81.1 Å².